The number of carbonyl (C=O) groups excluding carboxylic acids is 1. The Labute approximate surface area is 159 Å². The minimum atomic E-state index is -0.755. The monoisotopic (exact) mass is 369 g/mol. The van der Waals surface area contributed by atoms with Gasteiger partial charge in [0.15, 0.2) is 0 Å². The second kappa shape index (κ2) is 6.66. The van der Waals surface area contributed by atoms with E-state index in [9.17, 15) is 14.7 Å². The van der Waals surface area contributed by atoms with Gasteiger partial charge in [-0.2, -0.15) is 0 Å². The first kappa shape index (κ1) is 18.0. The van der Waals surface area contributed by atoms with Crippen molar-refractivity contribution in [1.29, 1.82) is 0 Å². The highest BCUT2D eigenvalue weighted by Crippen LogP contribution is 2.52. The van der Waals surface area contributed by atoms with Crippen molar-refractivity contribution in [2.75, 3.05) is 0 Å². The lowest BCUT2D eigenvalue weighted by molar-refractivity contribution is -0.151. The first-order chi connectivity index (χ1) is 13.0. The number of aliphatic carboxylic acids is 1. The second-order valence-electron chi connectivity index (χ2n) is 7.84. The number of para-hydroxylation sites is 2. The molecule has 27 heavy (non-hydrogen) atoms. The molecule has 6 heteroatoms. The van der Waals surface area contributed by atoms with Gasteiger partial charge in [0.05, 0.1) is 16.4 Å². The number of nitrogens with zero attached hydrogens (tertiary/aromatic N) is 3. The number of hydrogen-bond donors (Lipinski definition) is 1. The Morgan fingerprint density at radius 1 is 1.26 bits per heavy atom. The van der Waals surface area contributed by atoms with E-state index in [4.69, 9.17) is 0 Å². The quantitative estimate of drug-likeness (QED) is 0.848. The Kier molecular flexibility index (Phi) is 4.44. The third-order valence-corrected chi connectivity index (χ3v) is 6.68. The number of carbonyl (C=O) groups is 2. The molecule has 2 fully saturated rings. The number of rotatable bonds is 6. The molecular formula is C21H27N3O3. The van der Waals surface area contributed by atoms with Crippen molar-refractivity contribution in [2.45, 2.75) is 71.0 Å². The Hall–Kier alpha value is -2.37. The number of benzene rings is 1. The third kappa shape index (κ3) is 2.65. The maximum atomic E-state index is 13.1. The number of aromatic nitrogens is 2. The van der Waals surface area contributed by atoms with Crippen LogP contribution in [-0.2, 0) is 22.6 Å². The standard InChI is InChI=1S/C21H27N3O3/c1-3-18-22-15-7-5-6-8-16(15)23(18)12-11-19(25)24-14-9-10-17(24)21(4-2,13-14)20(26)27/h5-8,14,17H,3-4,9-13H2,1-2H3,(H,26,27)/t14-,17+,21+/m0/s1. The molecule has 0 spiro atoms. The lowest BCUT2D eigenvalue weighted by Crippen LogP contribution is -2.44. The summed E-state index contributed by atoms with van der Waals surface area (Å²) in [6, 6.07) is 7.94. The molecule has 2 aliphatic rings. The van der Waals surface area contributed by atoms with E-state index < -0.39 is 11.4 Å². The summed E-state index contributed by atoms with van der Waals surface area (Å²) in [6.45, 7) is 4.59. The van der Waals surface area contributed by atoms with Crippen LogP contribution in [0.5, 0.6) is 0 Å². The molecule has 1 N–H and O–H groups in total. The molecule has 1 aromatic heterocycles. The molecule has 6 nitrogen and oxygen atoms in total. The molecule has 4 rings (SSSR count). The maximum absolute atomic E-state index is 13.1. The van der Waals surface area contributed by atoms with Crippen molar-refractivity contribution >= 4 is 22.9 Å². The minimum absolute atomic E-state index is 0.0823. The molecule has 0 aliphatic carbocycles. The van der Waals surface area contributed by atoms with E-state index in [1.807, 2.05) is 36.1 Å². The number of carboxylic acids is 1. The first-order valence-corrected chi connectivity index (χ1v) is 10.0. The van der Waals surface area contributed by atoms with Gasteiger partial charge in [-0.3, -0.25) is 9.59 Å². The van der Waals surface area contributed by atoms with Crippen LogP contribution in [0.2, 0.25) is 0 Å². The molecule has 0 saturated carbocycles. The van der Waals surface area contributed by atoms with Gasteiger partial charge in [-0.05, 0) is 37.8 Å². The van der Waals surface area contributed by atoms with Crippen LogP contribution in [0.15, 0.2) is 24.3 Å². The van der Waals surface area contributed by atoms with Crippen molar-refractivity contribution < 1.29 is 14.7 Å². The van der Waals surface area contributed by atoms with Gasteiger partial charge in [0, 0.05) is 31.5 Å². The van der Waals surface area contributed by atoms with Gasteiger partial charge in [-0.25, -0.2) is 4.98 Å². The Bertz CT molecular complexity index is 890. The van der Waals surface area contributed by atoms with Crippen LogP contribution >= 0.6 is 0 Å². The molecule has 0 unspecified atom stereocenters. The van der Waals surface area contributed by atoms with E-state index >= 15 is 0 Å². The fourth-order valence-electron chi connectivity index (χ4n) is 5.30. The molecule has 144 valence electrons. The Morgan fingerprint density at radius 2 is 2.04 bits per heavy atom. The van der Waals surface area contributed by atoms with Crippen LogP contribution in [0.3, 0.4) is 0 Å². The average molecular weight is 369 g/mol. The highest BCUT2D eigenvalue weighted by molar-refractivity contribution is 5.83. The van der Waals surface area contributed by atoms with Crippen LogP contribution in [-0.4, -0.2) is 43.5 Å². The van der Waals surface area contributed by atoms with Crippen LogP contribution in [0.1, 0.15) is 51.8 Å². The molecule has 3 atom stereocenters. The first-order valence-electron chi connectivity index (χ1n) is 10.0. The van der Waals surface area contributed by atoms with Gasteiger partial charge < -0.3 is 14.6 Å². The van der Waals surface area contributed by atoms with Crippen LogP contribution in [0.25, 0.3) is 11.0 Å². The lowest BCUT2D eigenvalue weighted by atomic mass is 9.72. The van der Waals surface area contributed by atoms with Gasteiger partial charge >= 0.3 is 5.97 Å². The van der Waals surface area contributed by atoms with Crippen molar-refractivity contribution in [2.24, 2.45) is 5.41 Å². The minimum Gasteiger partial charge on any atom is -0.481 e. The van der Waals surface area contributed by atoms with Crippen molar-refractivity contribution in [3.8, 4) is 0 Å². The van der Waals surface area contributed by atoms with E-state index in [0.29, 0.717) is 25.8 Å². The van der Waals surface area contributed by atoms with E-state index in [1.54, 1.807) is 0 Å². The van der Waals surface area contributed by atoms with Gasteiger partial charge in [0.25, 0.3) is 0 Å². The fraction of sp³-hybridized carbons (Fsp3) is 0.571. The smallest absolute Gasteiger partial charge is 0.311 e. The molecule has 2 aliphatic heterocycles. The molecule has 2 saturated heterocycles. The summed E-state index contributed by atoms with van der Waals surface area (Å²) in [5, 5.41) is 9.80. The summed E-state index contributed by atoms with van der Waals surface area (Å²) in [5.41, 5.74) is 1.26. The summed E-state index contributed by atoms with van der Waals surface area (Å²) < 4.78 is 2.13. The Morgan fingerprint density at radius 3 is 2.70 bits per heavy atom. The maximum Gasteiger partial charge on any atom is 0.311 e. The zero-order chi connectivity index (χ0) is 19.2. The number of carboxylic acid groups (broad SMARTS) is 1. The van der Waals surface area contributed by atoms with Crippen LogP contribution < -0.4 is 0 Å². The molecule has 1 amide bonds. The molecule has 0 radical (unpaired) electrons. The van der Waals surface area contributed by atoms with E-state index in [2.05, 4.69) is 16.5 Å². The average Bonchev–Trinajstić information content (AvgIpc) is 3.35. The van der Waals surface area contributed by atoms with Gasteiger partial charge in [0.2, 0.25) is 5.91 Å². The van der Waals surface area contributed by atoms with Gasteiger partial charge in [-0.1, -0.05) is 26.0 Å². The van der Waals surface area contributed by atoms with Crippen molar-refractivity contribution in [1.82, 2.24) is 14.5 Å². The summed E-state index contributed by atoms with van der Waals surface area (Å²) in [5.74, 6) is 0.324. The lowest BCUT2D eigenvalue weighted by Gasteiger charge is -2.32. The molecular weight excluding hydrogens is 342 g/mol. The summed E-state index contributed by atoms with van der Waals surface area (Å²) in [7, 11) is 0. The molecule has 1 aromatic carbocycles. The number of imidazole rings is 1. The molecule has 2 bridgehead atoms. The number of aryl methyl sites for hydroxylation is 2. The normalized spacial score (nSPS) is 26.8. The third-order valence-electron chi connectivity index (χ3n) is 6.68. The van der Waals surface area contributed by atoms with E-state index in [0.717, 1.165) is 36.1 Å². The zero-order valence-electron chi connectivity index (χ0n) is 16.0. The number of fused-ring (bicyclic) bond motifs is 3. The predicted octanol–water partition coefficient (Wildman–Crippen LogP) is 3.23. The van der Waals surface area contributed by atoms with E-state index in [1.165, 1.54) is 0 Å². The second-order valence-corrected chi connectivity index (χ2v) is 7.84. The Balaban J connectivity index is 1.54. The molecule has 2 aromatic rings. The summed E-state index contributed by atoms with van der Waals surface area (Å²) in [6.07, 6.45) is 4.13. The number of hydrogen-bond acceptors (Lipinski definition) is 3. The van der Waals surface area contributed by atoms with Crippen LogP contribution in [0, 0.1) is 5.41 Å². The van der Waals surface area contributed by atoms with Crippen molar-refractivity contribution in [3.05, 3.63) is 30.1 Å². The SMILES string of the molecule is CCc1nc2ccccc2n1CCC(=O)N1[C@H]2CC[C@@H]1[C@](CC)(C(=O)O)C2. The number of amides is 1. The van der Waals surface area contributed by atoms with Gasteiger partial charge in [0.1, 0.15) is 5.82 Å². The zero-order valence-corrected chi connectivity index (χ0v) is 16.0. The van der Waals surface area contributed by atoms with Crippen LogP contribution in [0.4, 0.5) is 0 Å². The van der Waals surface area contributed by atoms with E-state index in [-0.39, 0.29) is 18.0 Å². The predicted molar refractivity (Wildman–Crippen MR) is 102 cm³/mol. The van der Waals surface area contributed by atoms with Crippen molar-refractivity contribution in [3.63, 3.8) is 0 Å². The largest absolute Gasteiger partial charge is 0.481 e. The van der Waals surface area contributed by atoms with Gasteiger partial charge in [-0.15, -0.1) is 0 Å². The highest BCUT2D eigenvalue weighted by atomic mass is 16.4. The topological polar surface area (TPSA) is 75.4 Å². The summed E-state index contributed by atoms with van der Waals surface area (Å²) in [4.78, 5) is 31.6. The highest BCUT2D eigenvalue weighted by Gasteiger charge is 2.60. The molecule has 3 heterocycles. The fourth-order valence-corrected chi connectivity index (χ4v) is 5.30. The summed E-state index contributed by atoms with van der Waals surface area (Å²) >= 11 is 0.